The van der Waals surface area contributed by atoms with Crippen molar-refractivity contribution in [2.75, 3.05) is 12.3 Å². The Kier molecular flexibility index (Phi) is 4.55. The fraction of sp³-hybridized carbons (Fsp3) is 0.429. The first-order chi connectivity index (χ1) is 8.16. The quantitative estimate of drug-likeness (QED) is 0.813. The summed E-state index contributed by atoms with van der Waals surface area (Å²) >= 11 is 8.00. The van der Waals surface area contributed by atoms with Gasteiger partial charge in [0.15, 0.2) is 0 Å². The number of fused-ring (bicyclic) bond motifs is 1. The molecule has 0 amide bonds. The smallest absolute Gasteiger partial charge is 0.0410 e. The lowest BCUT2D eigenvalue weighted by atomic mass is 10.0. The van der Waals surface area contributed by atoms with Crippen LogP contribution in [0.2, 0.25) is 5.02 Å². The van der Waals surface area contributed by atoms with Gasteiger partial charge in [0.25, 0.3) is 0 Å². The first-order valence-corrected chi connectivity index (χ1v) is 7.32. The second-order valence-electron chi connectivity index (χ2n) is 4.56. The molecule has 0 saturated carbocycles. The lowest BCUT2D eigenvalue weighted by Gasteiger charge is -2.26. The first kappa shape index (κ1) is 13.0. The van der Waals surface area contributed by atoms with Crippen LogP contribution < -0.4 is 5.32 Å². The SMILES string of the molecule is CC(C)=CCNC1CCSc2ccc(Cl)cc21. The van der Waals surface area contributed by atoms with Gasteiger partial charge >= 0.3 is 0 Å². The van der Waals surface area contributed by atoms with Gasteiger partial charge < -0.3 is 5.32 Å². The van der Waals surface area contributed by atoms with Crippen LogP contribution in [0.15, 0.2) is 34.7 Å². The first-order valence-electron chi connectivity index (χ1n) is 5.96. The highest BCUT2D eigenvalue weighted by molar-refractivity contribution is 7.99. The largest absolute Gasteiger partial charge is 0.306 e. The van der Waals surface area contributed by atoms with Crippen LogP contribution in [0.25, 0.3) is 0 Å². The van der Waals surface area contributed by atoms with Crippen molar-refractivity contribution < 1.29 is 0 Å². The summed E-state index contributed by atoms with van der Waals surface area (Å²) in [6, 6.07) is 6.66. The molecule has 1 atom stereocenters. The van der Waals surface area contributed by atoms with E-state index in [1.807, 2.05) is 17.8 Å². The molecule has 1 aliphatic rings. The van der Waals surface area contributed by atoms with Crippen molar-refractivity contribution >= 4 is 23.4 Å². The topological polar surface area (TPSA) is 12.0 Å². The highest BCUT2D eigenvalue weighted by Crippen LogP contribution is 2.37. The number of allylic oxidation sites excluding steroid dienone is 1. The van der Waals surface area contributed by atoms with Crippen molar-refractivity contribution in [3.05, 3.63) is 40.4 Å². The number of hydrogen-bond acceptors (Lipinski definition) is 2. The molecule has 3 heteroatoms. The van der Waals surface area contributed by atoms with Crippen LogP contribution in [0.4, 0.5) is 0 Å². The van der Waals surface area contributed by atoms with E-state index < -0.39 is 0 Å². The molecular formula is C14H18ClNS. The molecule has 1 heterocycles. The zero-order chi connectivity index (χ0) is 12.3. The molecule has 0 aliphatic carbocycles. The van der Waals surface area contributed by atoms with Crippen LogP contribution in [0.3, 0.4) is 0 Å². The van der Waals surface area contributed by atoms with Crippen LogP contribution in [0.1, 0.15) is 31.9 Å². The molecule has 0 spiro atoms. The van der Waals surface area contributed by atoms with E-state index in [0.717, 1.165) is 11.6 Å². The molecule has 17 heavy (non-hydrogen) atoms. The zero-order valence-corrected chi connectivity index (χ0v) is 11.9. The zero-order valence-electron chi connectivity index (χ0n) is 10.3. The monoisotopic (exact) mass is 267 g/mol. The molecule has 0 bridgehead atoms. The van der Waals surface area contributed by atoms with Crippen LogP contribution in [-0.4, -0.2) is 12.3 Å². The molecule has 2 rings (SSSR count). The molecule has 92 valence electrons. The van der Waals surface area contributed by atoms with E-state index in [1.54, 1.807) is 0 Å². The second kappa shape index (κ2) is 5.94. The van der Waals surface area contributed by atoms with E-state index in [1.165, 1.54) is 28.2 Å². The second-order valence-corrected chi connectivity index (χ2v) is 6.13. The lowest BCUT2D eigenvalue weighted by Crippen LogP contribution is -2.24. The highest BCUT2D eigenvalue weighted by Gasteiger charge is 2.19. The van der Waals surface area contributed by atoms with Crippen molar-refractivity contribution in [1.29, 1.82) is 0 Å². The van der Waals surface area contributed by atoms with E-state index in [0.29, 0.717) is 6.04 Å². The van der Waals surface area contributed by atoms with Crippen LogP contribution >= 0.6 is 23.4 Å². The molecule has 1 aromatic rings. The van der Waals surface area contributed by atoms with Crippen LogP contribution in [0, 0.1) is 0 Å². The maximum Gasteiger partial charge on any atom is 0.0410 e. The number of thioether (sulfide) groups is 1. The predicted octanol–water partition coefficient (Wildman–Crippen LogP) is 4.43. The van der Waals surface area contributed by atoms with Crippen molar-refractivity contribution in [3.8, 4) is 0 Å². The van der Waals surface area contributed by atoms with Gasteiger partial charge in [0, 0.05) is 22.5 Å². The summed E-state index contributed by atoms with van der Waals surface area (Å²) in [7, 11) is 0. The Labute approximate surface area is 113 Å². The molecule has 1 N–H and O–H groups in total. The summed E-state index contributed by atoms with van der Waals surface area (Å²) < 4.78 is 0. The van der Waals surface area contributed by atoms with Gasteiger partial charge in [-0.3, -0.25) is 0 Å². The van der Waals surface area contributed by atoms with Gasteiger partial charge in [0.1, 0.15) is 0 Å². The Morgan fingerprint density at radius 2 is 2.35 bits per heavy atom. The minimum atomic E-state index is 0.445. The Morgan fingerprint density at radius 1 is 1.53 bits per heavy atom. The normalized spacial score (nSPS) is 18.6. The van der Waals surface area contributed by atoms with Gasteiger partial charge in [-0.1, -0.05) is 23.3 Å². The number of halogens is 1. The minimum Gasteiger partial charge on any atom is -0.306 e. The predicted molar refractivity (Wildman–Crippen MR) is 77.0 cm³/mol. The molecule has 0 fully saturated rings. The third-order valence-corrected chi connectivity index (χ3v) is 4.24. The Morgan fingerprint density at radius 3 is 3.12 bits per heavy atom. The van der Waals surface area contributed by atoms with E-state index in [9.17, 15) is 0 Å². The van der Waals surface area contributed by atoms with Crippen molar-refractivity contribution in [1.82, 2.24) is 5.32 Å². The summed E-state index contributed by atoms with van der Waals surface area (Å²) in [4.78, 5) is 1.37. The Balaban J connectivity index is 2.11. The van der Waals surface area contributed by atoms with Crippen molar-refractivity contribution in [2.24, 2.45) is 0 Å². The standard InChI is InChI=1S/C14H18ClNS/c1-10(2)5-7-16-13-6-8-17-14-4-3-11(15)9-12(13)14/h3-5,9,13,16H,6-8H2,1-2H3. The van der Waals surface area contributed by atoms with Gasteiger partial charge in [-0.2, -0.15) is 0 Å². The molecule has 1 nitrogen and oxygen atoms in total. The fourth-order valence-electron chi connectivity index (χ4n) is 1.98. The van der Waals surface area contributed by atoms with E-state index in [2.05, 4.69) is 37.4 Å². The summed E-state index contributed by atoms with van der Waals surface area (Å²) in [5.74, 6) is 1.18. The molecule has 1 aliphatic heterocycles. The van der Waals surface area contributed by atoms with Gasteiger partial charge in [0.05, 0.1) is 0 Å². The number of nitrogens with one attached hydrogen (secondary N) is 1. The molecular weight excluding hydrogens is 250 g/mol. The lowest BCUT2D eigenvalue weighted by molar-refractivity contribution is 0.540. The Hall–Kier alpha value is -0.440. The van der Waals surface area contributed by atoms with E-state index in [-0.39, 0.29) is 0 Å². The number of benzene rings is 1. The highest BCUT2D eigenvalue weighted by atomic mass is 35.5. The van der Waals surface area contributed by atoms with Crippen molar-refractivity contribution in [2.45, 2.75) is 31.2 Å². The van der Waals surface area contributed by atoms with Gasteiger partial charge in [-0.05, 0) is 49.8 Å². The van der Waals surface area contributed by atoms with Crippen LogP contribution in [0.5, 0.6) is 0 Å². The van der Waals surface area contributed by atoms with Crippen molar-refractivity contribution in [3.63, 3.8) is 0 Å². The maximum absolute atomic E-state index is 6.08. The minimum absolute atomic E-state index is 0.445. The molecule has 0 saturated heterocycles. The molecule has 0 aromatic heterocycles. The number of rotatable bonds is 3. The summed E-state index contributed by atoms with van der Waals surface area (Å²) in [6.45, 7) is 5.19. The van der Waals surface area contributed by atoms with Gasteiger partial charge in [-0.25, -0.2) is 0 Å². The van der Waals surface area contributed by atoms with E-state index in [4.69, 9.17) is 11.6 Å². The Bertz CT molecular complexity index is 424. The summed E-state index contributed by atoms with van der Waals surface area (Å²) in [5, 5.41) is 4.42. The average molecular weight is 268 g/mol. The molecule has 0 radical (unpaired) electrons. The van der Waals surface area contributed by atoms with E-state index >= 15 is 0 Å². The third kappa shape index (κ3) is 3.51. The van der Waals surface area contributed by atoms with Gasteiger partial charge in [0.2, 0.25) is 0 Å². The average Bonchev–Trinajstić information content (AvgIpc) is 2.29. The maximum atomic E-state index is 6.08. The fourth-order valence-corrected chi connectivity index (χ4v) is 3.27. The molecule has 1 unspecified atom stereocenters. The summed E-state index contributed by atoms with van der Waals surface area (Å²) in [5.41, 5.74) is 2.71. The summed E-state index contributed by atoms with van der Waals surface area (Å²) in [6.07, 6.45) is 3.40. The number of hydrogen-bond donors (Lipinski definition) is 1. The van der Waals surface area contributed by atoms with Crippen LogP contribution in [-0.2, 0) is 0 Å². The third-order valence-electron chi connectivity index (χ3n) is 2.89. The molecule has 1 aromatic carbocycles. The van der Waals surface area contributed by atoms with Gasteiger partial charge in [-0.15, -0.1) is 11.8 Å².